The summed E-state index contributed by atoms with van der Waals surface area (Å²) >= 11 is -0.826. The SMILES string of the molecule is Oc1c(C=NC2CCCCC2)cc(-c2ccccc2)cc1-c1ccccc1.[Cl][Zr][Cl]. The monoisotopic (exact) mass is 515 g/mol. The standard InChI is InChI=1S/C25H25NO.2ClH.Zr/c27-25-22(18-26-23-14-8-3-9-15-23)16-21(19-10-4-1-5-11-19)17-24(25)20-12-6-2-7-13-20;;;/h1-2,4-7,10-13,16-18,23,27H,3,8-9,14-15H2;2*1H;/q;;;+2/p-2. The second-order valence-corrected chi connectivity index (χ2v) is 11.1. The van der Waals surface area contributed by atoms with Gasteiger partial charge in [-0.15, -0.1) is 0 Å². The van der Waals surface area contributed by atoms with Crippen molar-refractivity contribution in [1.29, 1.82) is 0 Å². The van der Waals surface area contributed by atoms with E-state index in [9.17, 15) is 5.11 Å². The minimum absolute atomic E-state index is 0.306. The third-order valence-corrected chi connectivity index (χ3v) is 5.33. The summed E-state index contributed by atoms with van der Waals surface area (Å²) in [5.41, 5.74) is 4.89. The van der Waals surface area contributed by atoms with Crippen molar-refractivity contribution in [3.05, 3.63) is 78.4 Å². The molecule has 1 aliphatic rings. The van der Waals surface area contributed by atoms with Crippen molar-refractivity contribution in [3.63, 3.8) is 0 Å². The van der Waals surface area contributed by atoms with E-state index < -0.39 is 20.8 Å². The Morgan fingerprint density at radius 1 is 0.800 bits per heavy atom. The first-order valence-electron chi connectivity index (χ1n) is 10.2. The predicted octanol–water partition coefficient (Wildman–Crippen LogP) is 7.85. The number of halogens is 2. The summed E-state index contributed by atoms with van der Waals surface area (Å²) < 4.78 is 0. The number of hydrogen-bond donors (Lipinski definition) is 1. The number of phenolic OH excluding ortho intramolecular Hbond substituents is 1. The third kappa shape index (κ3) is 6.54. The summed E-state index contributed by atoms with van der Waals surface area (Å²) in [5.74, 6) is 0.306. The molecule has 154 valence electrons. The summed E-state index contributed by atoms with van der Waals surface area (Å²) in [6.07, 6.45) is 8.02. The van der Waals surface area contributed by atoms with Crippen molar-refractivity contribution < 1.29 is 26.0 Å². The van der Waals surface area contributed by atoms with Crippen molar-refractivity contribution in [1.82, 2.24) is 0 Å². The van der Waals surface area contributed by atoms with E-state index in [-0.39, 0.29) is 0 Å². The van der Waals surface area contributed by atoms with E-state index in [0.29, 0.717) is 11.8 Å². The molecule has 3 aromatic carbocycles. The van der Waals surface area contributed by atoms with E-state index in [0.717, 1.165) is 40.7 Å². The van der Waals surface area contributed by atoms with Crippen LogP contribution in [0.2, 0.25) is 0 Å². The molecule has 0 bridgehead atoms. The van der Waals surface area contributed by atoms with Crippen LogP contribution < -0.4 is 0 Å². The van der Waals surface area contributed by atoms with Crippen LogP contribution in [0, 0.1) is 0 Å². The Morgan fingerprint density at radius 2 is 1.37 bits per heavy atom. The predicted molar refractivity (Wildman–Crippen MR) is 125 cm³/mol. The molecule has 0 unspecified atom stereocenters. The van der Waals surface area contributed by atoms with Gasteiger partial charge in [0.2, 0.25) is 0 Å². The first-order valence-corrected chi connectivity index (χ1v) is 16.5. The van der Waals surface area contributed by atoms with Gasteiger partial charge < -0.3 is 5.11 Å². The average Bonchev–Trinajstić information content (AvgIpc) is 2.81. The number of benzene rings is 3. The molecule has 0 atom stereocenters. The quantitative estimate of drug-likeness (QED) is 0.351. The number of phenols is 1. The molecule has 1 N–H and O–H groups in total. The van der Waals surface area contributed by atoms with Crippen LogP contribution in [0.3, 0.4) is 0 Å². The van der Waals surface area contributed by atoms with Crippen LogP contribution in [-0.4, -0.2) is 17.4 Å². The number of aromatic hydroxyl groups is 1. The first kappa shape index (κ1) is 23.3. The van der Waals surface area contributed by atoms with Crippen LogP contribution in [-0.2, 0) is 20.8 Å². The van der Waals surface area contributed by atoms with Crippen LogP contribution in [0.5, 0.6) is 5.75 Å². The fourth-order valence-electron chi connectivity index (χ4n) is 3.81. The Balaban J connectivity index is 0.000000806. The maximum absolute atomic E-state index is 11.0. The second-order valence-electron chi connectivity index (χ2n) is 7.34. The summed E-state index contributed by atoms with van der Waals surface area (Å²) in [7, 11) is 9.87. The molecule has 1 saturated carbocycles. The van der Waals surface area contributed by atoms with Gasteiger partial charge in [-0.05, 0) is 41.7 Å². The van der Waals surface area contributed by atoms with Gasteiger partial charge in [0, 0.05) is 23.4 Å². The van der Waals surface area contributed by atoms with Crippen LogP contribution >= 0.6 is 17.0 Å². The number of hydrogen-bond acceptors (Lipinski definition) is 2. The Hall–Kier alpha value is -1.41. The van der Waals surface area contributed by atoms with Crippen molar-refractivity contribution in [2.24, 2.45) is 4.99 Å². The minimum atomic E-state index is -0.826. The zero-order valence-electron chi connectivity index (χ0n) is 16.8. The first-order chi connectivity index (χ1) is 14.7. The molecule has 0 radical (unpaired) electrons. The summed E-state index contributed by atoms with van der Waals surface area (Å²) in [6.45, 7) is 0. The van der Waals surface area contributed by atoms with Gasteiger partial charge >= 0.3 is 37.9 Å². The third-order valence-electron chi connectivity index (χ3n) is 5.33. The van der Waals surface area contributed by atoms with E-state index in [2.05, 4.69) is 18.2 Å². The fraction of sp³-hybridized carbons (Fsp3) is 0.240. The van der Waals surface area contributed by atoms with Crippen molar-refractivity contribution in [3.8, 4) is 28.0 Å². The van der Waals surface area contributed by atoms with E-state index >= 15 is 0 Å². The van der Waals surface area contributed by atoms with Crippen LogP contribution in [0.1, 0.15) is 37.7 Å². The Bertz CT molecular complexity index is 942. The molecule has 0 spiro atoms. The zero-order chi connectivity index (χ0) is 21.2. The van der Waals surface area contributed by atoms with Gasteiger partial charge in [0.1, 0.15) is 5.75 Å². The number of nitrogens with zero attached hydrogens (tertiary/aromatic N) is 1. The topological polar surface area (TPSA) is 32.6 Å². The molecule has 2 nitrogen and oxygen atoms in total. The molecular formula is C25H25Cl2NOZr. The Morgan fingerprint density at radius 3 is 1.97 bits per heavy atom. The normalized spacial score (nSPS) is 14.2. The van der Waals surface area contributed by atoms with E-state index in [1.807, 2.05) is 60.8 Å². The molecular weight excluding hydrogens is 492 g/mol. The molecule has 0 aromatic heterocycles. The van der Waals surface area contributed by atoms with Gasteiger partial charge in [0.15, 0.2) is 0 Å². The van der Waals surface area contributed by atoms with E-state index in [1.165, 1.54) is 19.3 Å². The fourth-order valence-corrected chi connectivity index (χ4v) is 3.81. The van der Waals surface area contributed by atoms with E-state index in [1.54, 1.807) is 0 Å². The summed E-state index contributed by atoms with van der Waals surface area (Å²) in [5, 5.41) is 11.0. The van der Waals surface area contributed by atoms with Crippen molar-refractivity contribution >= 4 is 23.2 Å². The molecule has 0 saturated heterocycles. The van der Waals surface area contributed by atoms with Crippen LogP contribution in [0.25, 0.3) is 22.3 Å². The van der Waals surface area contributed by atoms with Gasteiger partial charge in [-0.1, -0.05) is 79.9 Å². The van der Waals surface area contributed by atoms with Gasteiger partial charge in [-0.25, -0.2) is 0 Å². The number of rotatable bonds is 4. The molecule has 1 aliphatic carbocycles. The zero-order valence-corrected chi connectivity index (χ0v) is 20.7. The molecule has 0 amide bonds. The molecule has 3 aromatic rings. The molecule has 1 fully saturated rings. The van der Waals surface area contributed by atoms with Crippen molar-refractivity contribution in [2.75, 3.05) is 0 Å². The van der Waals surface area contributed by atoms with E-state index in [4.69, 9.17) is 22.0 Å². The molecule has 5 heteroatoms. The van der Waals surface area contributed by atoms with Gasteiger partial charge in [0.05, 0.1) is 0 Å². The number of aliphatic imine (C=N–C) groups is 1. The van der Waals surface area contributed by atoms with Crippen LogP contribution in [0.15, 0.2) is 77.8 Å². The Kier molecular flexibility index (Phi) is 9.65. The average molecular weight is 518 g/mol. The second kappa shape index (κ2) is 12.4. The molecule has 0 heterocycles. The maximum atomic E-state index is 11.0. The van der Waals surface area contributed by atoms with Gasteiger partial charge in [-0.2, -0.15) is 0 Å². The molecule has 4 rings (SSSR count). The molecule has 30 heavy (non-hydrogen) atoms. The molecule has 0 aliphatic heterocycles. The van der Waals surface area contributed by atoms with Gasteiger partial charge in [-0.3, -0.25) is 4.99 Å². The summed E-state index contributed by atoms with van der Waals surface area (Å²) in [4.78, 5) is 4.80. The van der Waals surface area contributed by atoms with Gasteiger partial charge in [0.25, 0.3) is 0 Å². The van der Waals surface area contributed by atoms with Crippen LogP contribution in [0.4, 0.5) is 0 Å². The Labute approximate surface area is 197 Å². The summed E-state index contributed by atoms with van der Waals surface area (Å²) in [6, 6.07) is 24.9. The van der Waals surface area contributed by atoms with Crippen molar-refractivity contribution in [2.45, 2.75) is 38.1 Å².